The van der Waals surface area contributed by atoms with Gasteiger partial charge in [-0.1, -0.05) is 24.3 Å². The molecular weight excluding hydrogens is 288 g/mol. The van der Waals surface area contributed by atoms with Crippen molar-refractivity contribution in [3.63, 3.8) is 0 Å². The predicted octanol–water partition coefficient (Wildman–Crippen LogP) is 1.63. The van der Waals surface area contributed by atoms with Gasteiger partial charge in [0.25, 0.3) is 5.91 Å². The van der Waals surface area contributed by atoms with Crippen LogP contribution < -0.4 is 10.2 Å². The third-order valence-corrected chi connectivity index (χ3v) is 4.10. The first-order valence-corrected chi connectivity index (χ1v) is 8.04. The van der Waals surface area contributed by atoms with Crippen molar-refractivity contribution in [3.05, 3.63) is 60.3 Å². The first-order chi connectivity index (χ1) is 11.3. The second kappa shape index (κ2) is 7.74. The Morgan fingerprint density at radius 2 is 1.74 bits per heavy atom. The molecule has 1 aromatic carbocycles. The zero-order chi connectivity index (χ0) is 15.9. The highest BCUT2D eigenvalue weighted by atomic mass is 16.1. The average Bonchev–Trinajstić information content (AvgIpc) is 2.64. The molecule has 1 saturated heterocycles. The SMILES string of the molecule is O=C(NCCN1CCN(c2ccccn2)CC1)c1ccccc1. The van der Waals surface area contributed by atoms with Gasteiger partial charge in [0.05, 0.1) is 0 Å². The summed E-state index contributed by atoms with van der Waals surface area (Å²) in [4.78, 5) is 21.1. The van der Waals surface area contributed by atoms with E-state index in [1.54, 1.807) is 0 Å². The topological polar surface area (TPSA) is 48.5 Å². The van der Waals surface area contributed by atoms with E-state index in [-0.39, 0.29) is 5.91 Å². The van der Waals surface area contributed by atoms with Crippen molar-refractivity contribution < 1.29 is 4.79 Å². The first kappa shape index (κ1) is 15.5. The molecule has 3 rings (SSSR count). The fourth-order valence-corrected chi connectivity index (χ4v) is 2.76. The van der Waals surface area contributed by atoms with E-state index in [1.807, 2.05) is 48.7 Å². The largest absolute Gasteiger partial charge is 0.354 e. The highest BCUT2D eigenvalue weighted by molar-refractivity contribution is 5.94. The molecule has 0 radical (unpaired) electrons. The highest BCUT2D eigenvalue weighted by Gasteiger charge is 2.17. The molecule has 5 heteroatoms. The van der Waals surface area contributed by atoms with E-state index in [0.717, 1.165) is 38.5 Å². The molecule has 0 atom stereocenters. The summed E-state index contributed by atoms with van der Waals surface area (Å²) in [5.41, 5.74) is 0.715. The van der Waals surface area contributed by atoms with E-state index >= 15 is 0 Å². The van der Waals surface area contributed by atoms with Gasteiger partial charge in [0, 0.05) is 51.0 Å². The quantitative estimate of drug-likeness (QED) is 0.912. The maximum atomic E-state index is 12.0. The summed E-state index contributed by atoms with van der Waals surface area (Å²) in [7, 11) is 0. The minimum absolute atomic E-state index is 0.00211. The van der Waals surface area contributed by atoms with Crippen LogP contribution in [0.3, 0.4) is 0 Å². The summed E-state index contributed by atoms with van der Waals surface area (Å²) in [5.74, 6) is 1.04. The van der Waals surface area contributed by atoms with E-state index in [4.69, 9.17) is 0 Å². The molecule has 0 saturated carbocycles. The van der Waals surface area contributed by atoms with Gasteiger partial charge in [-0.15, -0.1) is 0 Å². The molecule has 0 bridgehead atoms. The van der Waals surface area contributed by atoms with E-state index in [2.05, 4.69) is 26.2 Å². The van der Waals surface area contributed by atoms with Crippen LogP contribution in [0, 0.1) is 0 Å². The molecule has 0 unspecified atom stereocenters. The Balaban J connectivity index is 1.39. The molecule has 1 N–H and O–H groups in total. The fraction of sp³-hybridized carbons (Fsp3) is 0.333. The lowest BCUT2D eigenvalue weighted by Gasteiger charge is -2.35. The Bertz CT molecular complexity index is 609. The molecular formula is C18H22N4O. The minimum atomic E-state index is -0.00211. The number of rotatable bonds is 5. The van der Waals surface area contributed by atoms with E-state index in [9.17, 15) is 4.79 Å². The fourth-order valence-electron chi connectivity index (χ4n) is 2.76. The number of hydrogen-bond acceptors (Lipinski definition) is 4. The molecule has 5 nitrogen and oxygen atoms in total. The number of aromatic nitrogens is 1. The molecule has 23 heavy (non-hydrogen) atoms. The number of benzene rings is 1. The van der Waals surface area contributed by atoms with E-state index in [0.29, 0.717) is 12.1 Å². The van der Waals surface area contributed by atoms with Crippen LogP contribution in [0.15, 0.2) is 54.7 Å². The number of anilines is 1. The Kier molecular flexibility index (Phi) is 5.21. The normalized spacial score (nSPS) is 15.4. The van der Waals surface area contributed by atoms with Gasteiger partial charge in [0.2, 0.25) is 0 Å². The van der Waals surface area contributed by atoms with Crippen LogP contribution in [0.5, 0.6) is 0 Å². The van der Waals surface area contributed by atoms with Crippen molar-refractivity contribution in [2.24, 2.45) is 0 Å². The predicted molar refractivity (Wildman–Crippen MR) is 91.7 cm³/mol. The van der Waals surface area contributed by atoms with Gasteiger partial charge in [-0.3, -0.25) is 9.69 Å². The van der Waals surface area contributed by atoms with Crippen molar-refractivity contribution in [3.8, 4) is 0 Å². The smallest absolute Gasteiger partial charge is 0.251 e. The molecule has 1 aliphatic heterocycles. The summed E-state index contributed by atoms with van der Waals surface area (Å²) in [5, 5.41) is 2.98. The molecule has 0 aliphatic carbocycles. The van der Waals surface area contributed by atoms with Gasteiger partial charge in [0.1, 0.15) is 5.82 Å². The minimum Gasteiger partial charge on any atom is -0.354 e. The Morgan fingerprint density at radius 1 is 1.00 bits per heavy atom. The Labute approximate surface area is 136 Å². The van der Waals surface area contributed by atoms with Crippen LogP contribution in [-0.4, -0.2) is 55.1 Å². The molecule has 0 spiro atoms. The summed E-state index contributed by atoms with van der Waals surface area (Å²) in [6, 6.07) is 15.4. The third kappa shape index (κ3) is 4.29. The maximum absolute atomic E-state index is 12.0. The first-order valence-electron chi connectivity index (χ1n) is 8.04. The van der Waals surface area contributed by atoms with Crippen molar-refractivity contribution in [2.75, 3.05) is 44.2 Å². The molecule has 2 heterocycles. The van der Waals surface area contributed by atoms with Crippen molar-refractivity contribution in [1.82, 2.24) is 15.2 Å². The zero-order valence-electron chi connectivity index (χ0n) is 13.2. The third-order valence-electron chi connectivity index (χ3n) is 4.10. The number of hydrogen-bond donors (Lipinski definition) is 1. The monoisotopic (exact) mass is 310 g/mol. The van der Waals surface area contributed by atoms with Crippen LogP contribution in [0.4, 0.5) is 5.82 Å². The summed E-state index contributed by atoms with van der Waals surface area (Å²) in [6.07, 6.45) is 1.83. The second-order valence-electron chi connectivity index (χ2n) is 5.64. The number of piperazine rings is 1. The van der Waals surface area contributed by atoms with Crippen LogP contribution in [0.1, 0.15) is 10.4 Å². The lowest BCUT2D eigenvalue weighted by molar-refractivity contribution is 0.0948. The lowest BCUT2D eigenvalue weighted by atomic mass is 10.2. The maximum Gasteiger partial charge on any atom is 0.251 e. The van der Waals surface area contributed by atoms with Gasteiger partial charge in [-0.25, -0.2) is 4.98 Å². The van der Waals surface area contributed by atoms with Crippen molar-refractivity contribution >= 4 is 11.7 Å². The number of nitrogens with zero attached hydrogens (tertiary/aromatic N) is 3. The van der Waals surface area contributed by atoms with Gasteiger partial charge >= 0.3 is 0 Å². The molecule has 1 aromatic heterocycles. The zero-order valence-corrected chi connectivity index (χ0v) is 13.2. The highest BCUT2D eigenvalue weighted by Crippen LogP contribution is 2.12. The summed E-state index contributed by atoms with van der Waals surface area (Å²) < 4.78 is 0. The van der Waals surface area contributed by atoms with E-state index < -0.39 is 0 Å². The van der Waals surface area contributed by atoms with Crippen molar-refractivity contribution in [2.45, 2.75) is 0 Å². The molecule has 120 valence electrons. The summed E-state index contributed by atoms with van der Waals surface area (Å²) in [6.45, 7) is 5.51. The standard InChI is InChI=1S/C18H22N4O/c23-18(16-6-2-1-3-7-16)20-10-11-21-12-14-22(15-13-21)17-8-4-5-9-19-17/h1-9H,10-15H2,(H,20,23). The molecule has 1 fully saturated rings. The van der Waals surface area contributed by atoms with Gasteiger partial charge in [-0.05, 0) is 24.3 Å². The van der Waals surface area contributed by atoms with Crippen LogP contribution >= 0.6 is 0 Å². The number of amides is 1. The summed E-state index contributed by atoms with van der Waals surface area (Å²) >= 11 is 0. The van der Waals surface area contributed by atoms with Gasteiger partial charge < -0.3 is 10.2 Å². The average molecular weight is 310 g/mol. The molecule has 2 aromatic rings. The number of nitrogens with one attached hydrogen (secondary N) is 1. The van der Waals surface area contributed by atoms with Crippen molar-refractivity contribution in [1.29, 1.82) is 0 Å². The van der Waals surface area contributed by atoms with Crippen LogP contribution in [0.25, 0.3) is 0 Å². The number of carbonyl (C=O) groups is 1. The van der Waals surface area contributed by atoms with Gasteiger partial charge in [0.15, 0.2) is 0 Å². The van der Waals surface area contributed by atoms with Crippen LogP contribution in [0.2, 0.25) is 0 Å². The Morgan fingerprint density at radius 3 is 2.43 bits per heavy atom. The molecule has 1 amide bonds. The number of pyridine rings is 1. The Hall–Kier alpha value is -2.40. The van der Waals surface area contributed by atoms with E-state index in [1.165, 1.54) is 0 Å². The lowest BCUT2D eigenvalue weighted by Crippen LogP contribution is -2.48. The van der Waals surface area contributed by atoms with Crippen LogP contribution in [-0.2, 0) is 0 Å². The number of carbonyl (C=O) groups excluding carboxylic acids is 1. The van der Waals surface area contributed by atoms with Gasteiger partial charge in [-0.2, -0.15) is 0 Å². The second-order valence-corrected chi connectivity index (χ2v) is 5.64. The molecule has 1 aliphatic rings.